The van der Waals surface area contributed by atoms with Gasteiger partial charge in [-0.25, -0.2) is 4.79 Å². The van der Waals surface area contributed by atoms with Crippen LogP contribution in [0.4, 0.5) is 0 Å². The zero-order valence-corrected chi connectivity index (χ0v) is 39.4. The Bertz CT molecular complexity index is 1880. The number of nitrogens with zero attached hydrogens (tertiary/aromatic N) is 1. The number of carbonyl (C=O) groups excluding carboxylic acids is 10. The first-order valence-electron chi connectivity index (χ1n) is 22.2. The topological polar surface area (TPSA) is 471 Å². The van der Waals surface area contributed by atoms with Crippen LogP contribution in [0.25, 0.3) is 0 Å². The van der Waals surface area contributed by atoms with Crippen molar-refractivity contribution in [2.45, 2.75) is 159 Å². The molecule has 18 N–H and O–H groups in total. The van der Waals surface area contributed by atoms with E-state index in [1.807, 2.05) is 0 Å². The standard InChI is InChI=1S/C41H69N11O17/c1-17(2)14-24(47-33(60)21(42)16-53)35(62)48-25(15-29(58)59)36(63)46-23(10-12-28(44)57)40(67)52-13-7-8-26(52)37(64)51-31(19(5)54)38(65)45-22(9-11-27(43)56)34(61)50-32(20(6)55)39(66)49-30(18(3)4)41(68)69/h17-26,30-32,53-55H,7-16,42H2,1-6H3,(H2,43,56)(H2,44,57)(H,45,65)(H,46,63)(H,47,60)(H,48,62)(H,49,66)(H,50,61)(H,51,64)(H,58,59)(H,68,69)/t19-,20-,21+,22+,23+,24+,25+,26+,30+,31+,32+/m1/s1. The summed E-state index contributed by atoms with van der Waals surface area (Å²) in [4.78, 5) is 156. The SMILES string of the molecule is CC(C)C[C@H](NC(=O)[C@@H](N)CO)C(=O)N[C@@H](CC(=O)O)C(=O)N[C@@H](CCC(N)=O)C(=O)N1CCC[C@H]1C(=O)N[C@H](C(=O)N[C@@H](CCC(N)=O)C(=O)N[C@H](C(=O)N[C@H](C(=O)O)C(C)C)[C@@H](C)O)[C@@H](C)O. The highest BCUT2D eigenvalue weighted by Crippen LogP contribution is 2.21. The Kier molecular flexibility index (Phi) is 25.2. The van der Waals surface area contributed by atoms with E-state index in [0.717, 1.165) is 18.7 Å². The molecule has 0 spiro atoms. The first-order valence-corrected chi connectivity index (χ1v) is 22.2. The van der Waals surface area contributed by atoms with Gasteiger partial charge in [-0.15, -0.1) is 0 Å². The highest BCUT2D eigenvalue weighted by molar-refractivity contribution is 5.99. The van der Waals surface area contributed by atoms with Crippen molar-refractivity contribution in [3.05, 3.63) is 0 Å². The van der Waals surface area contributed by atoms with Gasteiger partial charge in [0, 0.05) is 19.4 Å². The molecule has 0 unspecified atom stereocenters. The molecular weight excluding hydrogens is 919 g/mol. The zero-order valence-electron chi connectivity index (χ0n) is 39.4. The van der Waals surface area contributed by atoms with E-state index in [4.69, 9.17) is 17.2 Å². The summed E-state index contributed by atoms with van der Waals surface area (Å²) in [6.45, 7) is 7.69. The highest BCUT2D eigenvalue weighted by atomic mass is 16.4. The minimum atomic E-state index is -1.88. The quantitative estimate of drug-likeness (QED) is 0.0318. The summed E-state index contributed by atoms with van der Waals surface area (Å²) in [5.41, 5.74) is 16.2. The Morgan fingerprint density at radius 1 is 0.594 bits per heavy atom. The molecular formula is C41H69N11O17. The van der Waals surface area contributed by atoms with Gasteiger partial charge in [0.25, 0.3) is 0 Å². The van der Waals surface area contributed by atoms with Gasteiger partial charge in [0.1, 0.15) is 54.4 Å². The number of amides is 10. The van der Waals surface area contributed by atoms with Gasteiger partial charge in [-0.3, -0.25) is 52.7 Å². The van der Waals surface area contributed by atoms with E-state index in [1.54, 1.807) is 13.8 Å². The number of hydrogen-bond acceptors (Lipinski definition) is 16. The third-order valence-electron chi connectivity index (χ3n) is 10.7. The monoisotopic (exact) mass is 987 g/mol. The molecule has 1 heterocycles. The van der Waals surface area contributed by atoms with Crippen molar-refractivity contribution in [2.75, 3.05) is 13.2 Å². The molecule has 69 heavy (non-hydrogen) atoms. The van der Waals surface area contributed by atoms with Crippen molar-refractivity contribution in [2.24, 2.45) is 29.0 Å². The van der Waals surface area contributed by atoms with Crippen molar-refractivity contribution in [1.29, 1.82) is 0 Å². The smallest absolute Gasteiger partial charge is 0.326 e. The number of aliphatic hydroxyl groups excluding tert-OH is 3. The molecule has 0 aliphatic carbocycles. The van der Waals surface area contributed by atoms with Gasteiger partial charge in [0.2, 0.25) is 59.1 Å². The first-order chi connectivity index (χ1) is 32.0. The molecule has 0 bridgehead atoms. The second kappa shape index (κ2) is 28.7. The van der Waals surface area contributed by atoms with Gasteiger partial charge in [-0.05, 0) is 57.8 Å². The van der Waals surface area contributed by atoms with Gasteiger partial charge in [-0.1, -0.05) is 27.7 Å². The lowest BCUT2D eigenvalue weighted by Gasteiger charge is -2.31. The number of aliphatic carboxylic acids is 2. The number of carboxylic acid groups (broad SMARTS) is 2. The number of likely N-dealkylation sites (tertiary alicyclic amines) is 1. The van der Waals surface area contributed by atoms with Gasteiger partial charge in [0.15, 0.2) is 0 Å². The van der Waals surface area contributed by atoms with Crippen molar-refractivity contribution in [3.63, 3.8) is 0 Å². The molecule has 10 amide bonds. The number of aliphatic hydroxyl groups is 3. The summed E-state index contributed by atoms with van der Waals surface area (Å²) in [6, 6.07) is -14.5. The summed E-state index contributed by atoms with van der Waals surface area (Å²) in [7, 11) is 0. The maximum atomic E-state index is 14.1. The van der Waals surface area contributed by atoms with Crippen LogP contribution in [0.2, 0.25) is 0 Å². The molecule has 0 aromatic carbocycles. The summed E-state index contributed by atoms with van der Waals surface area (Å²) < 4.78 is 0. The molecule has 1 aliphatic rings. The molecule has 1 saturated heterocycles. The maximum Gasteiger partial charge on any atom is 0.326 e. The van der Waals surface area contributed by atoms with Crippen molar-refractivity contribution >= 4 is 71.0 Å². The van der Waals surface area contributed by atoms with Crippen LogP contribution < -0.4 is 54.4 Å². The third kappa shape index (κ3) is 20.3. The lowest BCUT2D eigenvalue weighted by atomic mass is 10.0. The second-order valence-electron chi connectivity index (χ2n) is 17.5. The van der Waals surface area contributed by atoms with Gasteiger partial charge in [-0.2, -0.15) is 0 Å². The summed E-state index contributed by atoms with van der Waals surface area (Å²) >= 11 is 0. The average Bonchev–Trinajstić information content (AvgIpc) is 3.74. The van der Waals surface area contributed by atoms with Crippen molar-refractivity contribution in [3.8, 4) is 0 Å². The molecule has 28 heteroatoms. The Labute approximate surface area is 397 Å². The number of carboxylic acids is 2. The van der Waals surface area contributed by atoms with Crippen LogP contribution in [0.3, 0.4) is 0 Å². The first kappa shape index (κ1) is 60.5. The number of hydrogen-bond donors (Lipinski definition) is 15. The minimum Gasteiger partial charge on any atom is -0.481 e. The van der Waals surface area contributed by atoms with Crippen LogP contribution in [-0.2, 0) is 57.5 Å². The highest BCUT2D eigenvalue weighted by Gasteiger charge is 2.42. The van der Waals surface area contributed by atoms with E-state index in [1.165, 1.54) is 13.8 Å². The van der Waals surface area contributed by atoms with Gasteiger partial charge < -0.3 is 84.9 Å². The van der Waals surface area contributed by atoms with E-state index in [2.05, 4.69) is 37.2 Å². The molecule has 0 saturated carbocycles. The van der Waals surface area contributed by atoms with Crippen LogP contribution in [0.1, 0.15) is 92.9 Å². The predicted molar refractivity (Wildman–Crippen MR) is 238 cm³/mol. The number of nitrogens with two attached hydrogens (primary N) is 3. The van der Waals surface area contributed by atoms with Crippen LogP contribution in [0.5, 0.6) is 0 Å². The summed E-state index contributed by atoms with van der Waals surface area (Å²) in [6.07, 6.45) is -6.25. The lowest BCUT2D eigenvalue weighted by Crippen LogP contribution is -2.62. The third-order valence-corrected chi connectivity index (χ3v) is 10.7. The lowest BCUT2D eigenvalue weighted by molar-refractivity contribution is -0.145. The van der Waals surface area contributed by atoms with Crippen molar-refractivity contribution < 1.29 is 83.1 Å². The molecule has 1 rings (SSSR count). The normalized spacial score (nSPS) is 17.8. The minimum absolute atomic E-state index is 0.0148. The van der Waals surface area contributed by atoms with E-state index in [9.17, 15) is 83.1 Å². The predicted octanol–water partition coefficient (Wildman–Crippen LogP) is -6.76. The van der Waals surface area contributed by atoms with Gasteiger partial charge >= 0.3 is 11.9 Å². The molecule has 11 atom stereocenters. The Morgan fingerprint density at radius 2 is 1.04 bits per heavy atom. The van der Waals surface area contributed by atoms with Crippen LogP contribution in [-0.4, -0.2) is 181 Å². The maximum absolute atomic E-state index is 14.1. The Balaban J connectivity index is 3.42. The van der Waals surface area contributed by atoms with Crippen LogP contribution in [0.15, 0.2) is 0 Å². The summed E-state index contributed by atoms with van der Waals surface area (Å²) in [5, 5.41) is 65.3. The number of nitrogens with one attached hydrogen (secondary N) is 7. The molecule has 0 aromatic heterocycles. The van der Waals surface area contributed by atoms with Gasteiger partial charge in [0.05, 0.1) is 25.2 Å². The Morgan fingerprint density at radius 3 is 1.52 bits per heavy atom. The fraction of sp³-hybridized carbons (Fsp3) is 0.707. The van der Waals surface area contributed by atoms with E-state index in [-0.39, 0.29) is 31.7 Å². The molecule has 1 aliphatic heterocycles. The van der Waals surface area contributed by atoms with Crippen LogP contribution in [0, 0.1) is 11.8 Å². The molecule has 390 valence electrons. The fourth-order valence-corrected chi connectivity index (χ4v) is 6.93. The Hall–Kier alpha value is -6.52. The summed E-state index contributed by atoms with van der Waals surface area (Å²) in [5.74, 6) is -14.3. The largest absolute Gasteiger partial charge is 0.481 e. The van der Waals surface area contributed by atoms with E-state index < -0.39 is 182 Å². The number of primary amides is 2. The average molecular weight is 988 g/mol. The number of carbonyl (C=O) groups is 12. The second-order valence-corrected chi connectivity index (χ2v) is 17.5. The number of rotatable bonds is 30. The molecule has 1 fully saturated rings. The zero-order chi connectivity index (χ0) is 53.0. The van der Waals surface area contributed by atoms with Crippen molar-refractivity contribution in [1.82, 2.24) is 42.1 Å². The molecule has 28 nitrogen and oxygen atoms in total. The van der Waals surface area contributed by atoms with E-state index in [0.29, 0.717) is 0 Å². The van der Waals surface area contributed by atoms with Crippen LogP contribution >= 0.6 is 0 Å². The molecule has 0 radical (unpaired) electrons. The molecule has 0 aromatic rings. The fourth-order valence-electron chi connectivity index (χ4n) is 6.93. The van der Waals surface area contributed by atoms with E-state index >= 15 is 0 Å².